The lowest BCUT2D eigenvalue weighted by atomic mass is 10.2. The molecule has 0 radical (unpaired) electrons. The number of amides is 1. The Bertz CT molecular complexity index is 688. The molecule has 7 heteroatoms. The molecule has 0 saturated heterocycles. The van der Waals surface area contributed by atoms with Gasteiger partial charge in [0.25, 0.3) is 5.91 Å². The fourth-order valence-electron chi connectivity index (χ4n) is 1.55. The lowest BCUT2D eigenvalue weighted by molar-refractivity contribution is 0.0696. The maximum atomic E-state index is 12.0. The number of nitrogen functional groups attached to an aromatic ring is 1. The Labute approximate surface area is 119 Å². The van der Waals surface area contributed by atoms with Gasteiger partial charge in [0.1, 0.15) is 5.82 Å². The van der Waals surface area contributed by atoms with Crippen LogP contribution in [0.25, 0.3) is 0 Å². The van der Waals surface area contributed by atoms with E-state index in [-0.39, 0.29) is 27.7 Å². The van der Waals surface area contributed by atoms with E-state index in [2.05, 4.69) is 10.3 Å². The maximum absolute atomic E-state index is 12.0. The van der Waals surface area contributed by atoms with Crippen LogP contribution in [0.4, 0.5) is 11.5 Å². The number of pyridine rings is 1. The first-order valence-corrected chi connectivity index (χ1v) is 5.91. The minimum Gasteiger partial charge on any atom is -0.478 e. The molecule has 1 aromatic heterocycles. The number of carbonyl (C=O) groups is 2. The second-order valence-electron chi connectivity index (χ2n) is 3.89. The van der Waals surface area contributed by atoms with E-state index in [1.807, 2.05) is 0 Å². The summed E-state index contributed by atoms with van der Waals surface area (Å²) in [5, 5.41) is 11.6. The van der Waals surface area contributed by atoms with Gasteiger partial charge in [0.05, 0.1) is 21.8 Å². The predicted octanol–water partition coefficient (Wildman–Crippen LogP) is 2.27. The smallest absolute Gasteiger partial charge is 0.335 e. The highest BCUT2D eigenvalue weighted by Crippen LogP contribution is 2.24. The second kappa shape index (κ2) is 5.58. The van der Waals surface area contributed by atoms with Crippen molar-refractivity contribution in [2.24, 2.45) is 0 Å². The zero-order valence-electron chi connectivity index (χ0n) is 10.1. The minimum atomic E-state index is -1.11. The average Bonchev–Trinajstić information content (AvgIpc) is 2.41. The summed E-state index contributed by atoms with van der Waals surface area (Å²) in [6.45, 7) is 0. The van der Waals surface area contributed by atoms with Crippen molar-refractivity contribution in [3.8, 4) is 0 Å². The zero-order valence-corrected chi connectivity index (χ0v) is 10.9. The van der Waals surface area contributed by atoms with Gasteiger partial charge in [-0.3, -0.25) is 4.79 Å². The highest BCUT2D eigenvalue weighted by atomic mass is 35.5. The Kier molecular flexibility index (Phi) is 3.86. The van der Waals surface area contributed by atoms with Crippen molar-refractivity contribution in [1.29, 1.82) is 0 Å². The molecular formula is C13H10ClN3O3. The fourth-order valence-corrected chi connectivity index (χ4v) is 1.72. The third-order valence-electron chi connectivity index (χ3n) is 2.54. The first-order chi connectivity index (χ1) is 9.49. The van der Waals surface area contributed by atoms with Crippen molar-refractivity contribution in [1.82, 2.24) is 4.98 Å². The number of nitrogens with two attached hydrogens (primary N) is 1. The lowest BCUT2D eigenvalue weighted by Gasteiger charge is -2.09. The van der Waals surface area contributed by atoms with Crippen molar-refractivity contribution >= 4 is 35.0 Å². The molecule has 0 unspecified atom stereocenters. The number of nitrogens with zero attached hydrogens (tertiary/aromatic N) is 1. The molecule has 20 heavy (non-hydrogen) atoms. The number of nitrogens with one attached hydrogen (secondary N) is 1. The Morgan fingerprint density at radius 3 is 2.70 bits per heavy atom. The number of rotatable bonds is 3. The molecule has 1 heterocycles. The van der Waals surface area contributed by atoms with Gasteiger partial charge in [0, 0.05) is 6.20 Å². The number of aromatic nitrogens is 1. The van der Waals surface area contributed by atoms with Gasteiger partial charge in [-0.2, -0.15) is 0 Å². The summed E-state index contributed by atoms with van der Waals surface area (Å²) < 4.78 is 0. The van der Waals surface area contributed by atoms with Crippen LogP contribution in [0.2, 0.25) is 5.02 Å². The predicted molar refractivity (Wildman–Crippen MR) is 75.0 cm³/mol. The fraction of sp³-hybridized carbons (Fsp3) is 0. The van der Waals surface area contributed by atoms with Crippen LogP contribution in [0.5, 0.6) is 0 Å². The molecule has 0 atom stereocenters. The first kappa shape index (κ1) is 13.8. The van der Waals surface area contributed by atoms with E-state index in [0.29, 0.717) is 0 Å². The molecule has 2 aromatic rings. The molecule has 6 nitrogen and oxygen atoms in total. The molecule has 2 rings (SSSR count). The molecule has 0 saturated carbocycles. The molecule has 0 aliphatic carbocycles. The lowest BCUT2D eigenvalue weighted by Crippen LogP contribution is -2.15. The highest BCUT2D eigenvalue weighted by Gasteiger charge is 2.13. The summed E-state index contributed by atoms with van der Waals surface area (Å²) in [6, 6.07) is 7.09. The maximum Gasteiger partial charge on any atom is 0.335 e. The number of halogens is 1. The minimum absolute atomic E-state index is 0.0175. The summed E-state index contributed by atoms with van der Waals surface area (Å²) >= 11 is 5.92. The van der Waals surface area contributed by atoms with Crippen molar-refractivity contribution in [3.05, 3.63) is 52.7 Å². The largest absolute Gasteiger partial charge is 0.478 e. The number of carboxylic acids is 1. The third-order valence-corrected chi connectivity index (χ3v) is 2.87. The van der Waals surface area contributed by atoms with Crippen LogP contribution < -0.4 is 11.1 Å². The van der Waals surface area contributed by atoms with Crippen LogP contribution in [0, 0.1) is 0 Å². The van der Waals surface area contributed by atoms with Crippen LogP contribution >= 0.6 is 11.6 Å². The van der Waals surface area contributed by atoms with Gasteiger partial charge in [0.2, 0.25) is 0 Å². The van der Waals surface area contributed by atoms with Crippen LogP contribution in [0.3, 0.4) is 0 Å². The Hall–Kier alpha value is -2.60. The van der Waals surface area contributed by atoms with Gasteiger partial charge in [-0.25, -0.2) is 9.78 Å². The summed E-state index contributed by atoms with van der Waals surface area (Å²) in [6.07, 6.45) is 1.46. The van der Waals surface area contributed by atoms with E-state index >= 15 is 0 Å². The van der Waals surface area contributed by atoms with Crippen molar-refractivity contribution in [2.75, 3.05) is 11.1 Å². The van der Waals surface area contributed by atoms with E-state index in [1.165, 1.54) is 30.5 Å². The van der Waals surface area contributed by atoms with Gasteiger partial charge in [-0.1, -0.05) is 11.6 Å². The number of carboxylic acid groups (broad SMARTS) is 1. The zero-order chi connectivity index (χ0) is 14.7. The van der Waals surface area contributed by atoms with Gasteiger partial charge < -0.3 is 16.2 Å². The van der Waals surface area contributed by atoms with Crippen LogP contribution in [-0.2, 0) is 0 Å². The van der Waals surface area contributed by atoms with Crippen LogP contribution in [-0.4, -0.2) is 22.0 Å². The summed E-state index contributed by atoms with van der Waals surface area (Å²) in [5.41, 5.74) is 5.99. The van der Waals surface area contributed by atoms with Crippen LogP contribution in [0.15, 0.2) is 36.5 Å². The van der Waals surface area contributed by atoms with E-state index in [0.717, 1.165) is 0 Å². The molecule has 0 fully saturated rings. The number of aromatic carboxylic acids is 1. The standard InChI is InChI=1S/C13H10ClN3O3/c14-9-4-3-7(13(19)20)6-10(9)17-12(18)8-2-1-5-16-11(8)15/h1-6H,(H2,15,16)(H,17,18)(H,19,20). The molecule has 0 bridgehead atoms. The quantitative estimate of drug-likeness (QED) is 0.804. The highest BCUT2D eigenvalue weighted by molar-refractivity contribution is 6.34. The van der Waals surface area contributed by atoms with Crippen molar-refractivity contribution in [3.63, 3.8) is 0 Å². The van der Waals surface area contributed by atoms with Gasteiger partial charge in [-0.15, -0.1) is 0 Å². The topological polar surface area (TPSA) is 105 Å². The third kappa shape index (κ3) is 2.86. The molecule has 102 valence electrons. The molecule has 1 amide bonds. The van der Waals surface area contributed by atoms with Crippen LogP contribution in [0.1, 0.15) is 20.7 Å². The molecule has 1 aromatic carbocycles. The average molecular weight is 292 g/mol. The number of benzene rings is 1. The molecule has 0 aliphatic rings. The SMILES string of the molecule is Nc1ncccc1C(=O)Nc1cc(C(=O)O)ccc1Cl. The van der Waals surface area contributed by atoms with E-state index in [4.69, 9.17) is 22.4 Å². The first-order valence-electron chi connectivity index (χ1n) is 5.53. The Morgan fingerprint density at radius 1 is 1.30 bits per heavy atom. The monoisotopic (exact) mass is 291 g/mol. The van der Waals surface area contributed by atoms with E-state index in [1.54, 1.807) is 6.07 Å². The van der Waals surface area contributed by atoms with E-state index in [9.17, 15) is 9.59 Å². The van der Waals surface area contributed by atoms with Gasteiger partial charge in [-0.05, 0) is 30.3 Å². The van der Waals surface area contributed by atoms with Crippen molar-refractivity contribution < 1.29 is 14.7 Å². The summed E-state index contributed by atoms with van der Waals surface area (Å²) in [4.78, 5) is 26.7. The summed E-state index contributed by atoms with van der Waals surface area (Å²) in [7, 11) is 0. The summed E-state index contributed by atoms with van der Waals surface area (Å²) in [5.74, 6) is -1.55. The Morgan fingerprint density at radius 2 is 2.05 bits per heavy atom. The molecule has 4 N–H and O–H groups in total. The second-order valence-corrected chi connectivity index (χ2v) is 4.30. The van der Waals surface area contributed by atoms with Crippen molar-refractivity contribution in [2.45, 2.75) is 0 Å². The van der Waals surface area contributed by atoms with Gasteiger partial charge in [0.15, 0.2) is 0 Å². The number of anilines is 2. The molecule has 0 spiro atoms. The molecule has 0 aliphatic heterocycles. The number of hydrogen-bond acceptors (Lipinski definition) is 4. The normalized spacial score (nSPS) is 10.1. The molecular weight excluding hydrogens is 282 g/mol. The number of carbonyl (C=O) groups excluding carboxylic acids is 1. The van der Waals surface area contributed by atoms with E-state index < -0.39 is 11.9 Å². The Balaban J connectivity index is 2.30. The number of hydrogen-bond donors (Lipinski definition) is 3. The van der Waals surface area contributed by atoms with Gasteiger partial charge >= 0.3 is 5.97 Å².